The molecule has 1 aliphatic carbocycles. The number of nitrogens with zero attached hydrogens (tertiary/aromatic N) is 4. The van der Waals surface area contributed by atoms with E-state index in [2.05, 4.69) is 32.7 Å². The number of rotatable bonds is 7. The zero-order chi connectivity index (χ0) is 14.8. The topological polar surface area (TPSA) is 67.1 Å². The van der Waals surface area contributed by atoms with E-state index >= 15 is 0 Å². The van der Waals surface area contributed by atoms with E-state index < -0.39 is 0 Å². The van der Waals surface area contributed by atoms with Crippen LogP contribution in [-0.4, -0.2) is 39.9 Å². The van der Waals surface area contributed by atoms with Gasteiger partial charge in [0.25, 0.3) is 0 Å². The van der Waals surface area contributed by atoms with Crippen molar-refractivity contribution in [2.24, 2.45) is 4.99 Å². The number of hydrogen-bond donors (Lipinski definition) is 2. The molecule has 0 radical (unpaired) electrons. The number of unbranched alkanes of at least 4 members (excludes halogenated alkanes) is 1. The third-order valence-corrected chi connectivity index (χ3v) is 3.85. The maximum absolute atomic E-state index is 4.68. The van der Waals surface area contributed by atoms with Crippen molar-refractivity contribution in [2.45, 2.75) is 64.5 Å². The molecule has 0 aromatic carbocycles. The minimum absolute atomic E-state index is 0.605. The Balaban J connectivity index is 1.66. The highest BCUT2D eigenvalue weighted by atomic mass is 15.2. The first kappa shape index (κ1) is 15.8. The molecule has 1 aromatic rings. The fourth-order valence-corrected chi connectivity index (χ4v) is 2.69. The Bertz CT molecular complexity index is 394. The number of aliphatic imine (C=N–C) groups is 1. The van der Waals surface area contributed by atoms with Gasteiger partial charge in [0.05, 0.1) is 0 Å². The van der Waals surface area contributed by atoms with Crippen molar-refractivity contribution < 1.29 is 0 Å². The standard InChI is InChI=1S/C15H28N6/c1-2-16-15(20-14-8-4-3-5-9-14)17-10-6-7-11-21-12-18-19-13-21/h12-14H,2-11H2,1H3,(H2,16,17,20). The van der Waals surface area contributed by atoms with Gasteiger partial charge in [-0.2, -0.15) is 0 Å². The van der Waals surface area contributed by atoms with E-state index in [-0.39, 0.29) is 0 Å². The van der Waals surface area contributed by atoms with Crippen LogP contribution in [0.25, 0.3) is 0 Å². The van der Waals surface area contributed by atoms with E-state index in [1.165, 1.54) is 32.1 Å². The molecule has 1 heterocycles. The van der Waals surface area contributed by atoms with Crippen LogP contribution in [-0.2, 0) is 6.54 Å². The summed E-state index contributed by atoms with van der Waals surface area (Å²) in [5, 5.41) is 14.5. The van der Waals surface area contributed by atoms with Crippen LogP contribution in [0, 0.1) is 0 Å². The van der Waals surface area contributed by atoms with E-state index in [9.17, 15) is 0 Å². The van der Waals surface area contributed by atoms with Crippen LogP contribution in [0.4, 0.5) is 0 Å². The Morgan fingerprint density at radius 3 is 2.67 bits per heavy atom. The third-order valence-electron chi connectivity index (χ3n) is 3.85. The molecule has 6 heteroatoms. The molecule has 1 saturated carbocycles. The summed E-state index contributed by atoms with van der Waals surface area (Å²) in [4.78, 5) is 4.68. The van der Waals surface area contributed by atoms with Gasteiger partial charge < -0.3 is 15.2 Å². The predicted molar refractivity (Wildman–Crippen MR) is 85.2 cm³/mol. The van der Waals surface area contributed by atoms with Crippen molar-refractivity contribution in [1.29, 1.82) is 0 Å². The van der Waals surface area contributed by atoms with Crippen molar-refractivity contribution in [1.82, 2.24) is 25.4 Å². The summed E-state index contributed by atoms with van der Waals surface area (Å²) in [7, 11) is 0. The van der Waals surface area contributed by atoms with Gasteiger partial charge in [-0.15, -0.1) is 10.2 Å². The van der Waals surface area contributed by atoms with Crippen molar-refractivity contribution in [3.05, 3.63) is 12.7 Å². The highest BCUT2D eigenvalue weighted by molar-refractivity contribution is 5.80. The van der Waals surface area contributed by atoms with Gasteiger partial charge in [-0.25, -0.2) is 0 Å². The summed E-state index contributed by atoms with van der Waals surface area (Å²) in [6, 6.07) is 0.605. The second kappa shape index (κ2) is 9.37. The van der Waals surface area contributed by atoms with Gasteiger partial charge >= 0.3 is 0 Å². The van der Waals surface area contributed by atoms with Crippen LogP contribution in [0.3, 0.4) is 0 Å². The molecule has 0 unspecified atom stereocenters. The lowest BCUT2D eigenvalue weighted by atomic mass is 9.96. The number of aromatic nitrogens is 3. The highest BCUT2D eigenvalue weighted by Gasteiger charge is 2.14. The van der Waals surface area contributed by atoms with Crippen LogP contribution in [0.15, 0.2) is 17.6 Å². The van der Waals surface area contributed by atoms with Gasteiger partial charge in [0.1, 0.15) is 12.7 Å². The predicted octanol–water partition coefficient (Wildman–Crippen LogP) is 1.95. The van der Waals surface area contributed by atoms with Crippen LogP contribution < -0.4 is 10.6 Å². The van der Waals surface area contributed by atoms with Gasteiger partial charge in [-0.3, -0.25) is 4.99 Å². The molecule has 0 spiro atoms. The SMILES string of the molecule is CCNC(=NCCCCn1cnnc1)NC1CCCCC1. The molecular weight excluding hydrogens is 264 g/mol. The number of hydrogen-bond acceptors (Lipinski definition) is 3. The zero-order valence-corrected chi connectivity index (χ0v) is 13.1. The summed E-state index contributed by atoms with van der Waals surface area (Å²) in [6.07, 6.45) is 12.3. The molecule has 2 rings (SSSR count). The molecule has 0 atom stereocenters. The number of guanidine groups is 1. The van der Waals surface area contributed by atoms with Crippen molar-refractivity contribution in [3.8, 4) is 0 Å². The molecule has 1 aromatic heterocycles. The Kier molecular flexibility index (Phi) is 7.04. The molecule has 6 nitrogen and oxygen atoms in total. The highest BCUT2D eigenvalue weighted by Crippen LogP contribution is 2.17. The molecule has 0 aliphatic heterocycles. The third kappa shape index (κ3) is 6.14. The monoisotopic (exact) mass is 292 g/mol. The quantitative estimate of drug-likeness (QED) is 0.458. The molecule has 0 bridgehead atoms. The second-order valence-corrected chi connectivity index (χ2v) is 5.65. The maximum Gasteiger partial charge on any atom is 0.191 e. The Labute approximate surface area is 127 Å². The van der Waals surface area contributed by atoms with Crippen molar-refractivity contribution in [2.75, 3.05) is 13.1 Å². The van der Waals surface area contributed by atoms with E-state index in [0.717, 1.165) is 38.4 Å². The Morgan fingerprint density at radius 1 is 1.19 bits per heavy atom. The van der Waals surface area contributed by atoms with E-state index in [1.807, 2.05) is 4.57 Å². The number of nitrogens with one attached hydrogen (secondary N) is 2. The van der Waals surface area contributed by atoms with Crippen LogP contribution in [0.2, 0.25) is 0 Å². The molecule has 118 valence electrons. The first-order valence-corrected chi connectivity index (χ1v) is 8.25. The molecule has 21 heavy (non-hydrogen) atoms. The summed E-state index contributed by atoms with van der Waals surface area (Å²) in [5.74, 6) is 0.980. The molecule has 1 fully saturated rings. The van der Waals surface area contributed by atoms with E-state index in [1.54, 1.807) is 12.7 Å². The molecule has 1 aliphatic rings. The van der Waals surface area contributed by atoms with Crippen molar-refractivity contribution in [3.63, 3.8) is 0 Å². The lowest BCUT2D eigenvalue weighted by Gasteiger charge is -2.24. The second-order valence-electron chi connectivity index (χ2n) is 5.65. The average Bonchev–Trinajstić information content (AvgIpc) is 3.01. The van der Waals surface area contributed by atoms with Gasteiger partial charge in [0.15, 0.2) is 5.96 Å². The molecule has 2 N–H and O–H groups in total. The Morgan fingerprint density at radius 2 is 1.95 bits per heavy atom. The lowest BCUT2D eigenvalue weighted by Crippen LogP contribution is -2.44. The normalized spacial score (nSPS) is 16.9. The smallest absolute Gasteiger partial charge is 0.191 e. The maximum atomic E-state index is 4.68. The van der Waals surface area contributed by atoms with Gasteiger partial charge in [-0.05, 0) is 32.6 Å². The first-order chi connectivity index (χ1) is 10.4. The fraction of sp³-hybridized carbons (Fsp3) is 0.800. The zero-order valence-electron chi connectivity index (χ0n) is 13.1. The molecule has 0 amide bonds. The summed E-state index contributed by atoms with van der Waals surface area (Å²) in [6.45, 7) is 4.86. The average molecular weight is 292 g/mol. The minimum Gasteiger partial charge on any atom is -0.357 e. The van der Waals surface area contributed by atoms with E-state index in [4.69, 9.17) is 0 Å². The molecular formula is C15H28N6. The fourth-order valence-electron chi connectivity index (χ4n) is 2.69. The van der Waals surface area contributed by atoms with Gasteiger partial charge in [0, 0.05) is 25.7 Å². The largest absolute Gasteiger partial charge is 0.357 e. The lowest BCUT2D eigenvalue weighted by molar-refractivity contribution is 0.410. The first-order valence-electron chi connectivity index (χ1n) is 8.25. The Hall–Kier alpha value is -1.59. The van der Waals surface area contributed by atoms with Crippen LogP contribution in [0.1, 0.15) is 51.9 Å². The summed E-state index contributed by atoms with van der Waals surface area (Å²) in [5.41, 5.74) is 0. The van der Waals surface area contributed by atoms with Crippen LogP contribution >= 0.6 is 0 Å². The summed E-state index contributed by atoms with van der Waals surface area (Å²) < 4.78 is 2.01. The number of aryl methyl sites for hydroxylation is 1. The van der Waals surface area contributed by atoms with E-state index in [0.29, 0.717) is 6.04 Å². The minimum atomic E-state index is 0.605. The van der Waals surface area contributed by atoms with Crippen LogP contribution in [0.5, 0.6) is 0 Å². The molecule has 0 saturated heterocycles. The van der Waals surface area contributed by atoms with Gasteiger partial charge in [-0.1, -0.05) is 19.3 Å². The van der Waals surface area contributed by atoms with Gasteiger partial charge in [0.2, 0.25) is 0 Å². The summed E-state index contributed by atoms with van der Waals surface area (Å²) >= 11 is 0. The van der Waals surface area contributed by atoms with Crippen molar-refractivity contribution >= 4 is 5.96 Å².